The molecule has 1 aliphatic heterocycles. The summed E-state index contributed by atoms with van der Waals surface area (Å²) >= 11 is 6.37. The maximum Gasteiger partial charge on any atom is 0.416 e. The van der Waals surface area contributed by atoms with Gasteiger partial charge in [0.25, 0.3) is 5.91 Å². The van der Waals surface area contributed by atoms with Crippen LogP contribution in [-0.2, 0) is 11.0 Å². The normalized spacial score (nSPS) is 16.7. The highest BCUT2D eigenvalue weighted by Crippen LogP contribution is 2.38. The van der Waals surface area contributed by atoms with Crippen molar-refractivity contribution in [2.75, 3.05) is 18.4 Å². The average molecular weight is 506 g/mol. The molecule has 0 radical (unpaired) electrons. The van der Waals surface area contributed by atoms with Gasteiger partial charge in [0.15, 0.2) is 0 Å². The number of halogens is 4. The van der Waals surface area contributed by atoms with E-state index in [1.54, 1.807) is 22.5 Å². The van der Waals surface area contributed by atoms with Crippen LogP contribution < -0.4 is 5.32 Å². The van der Waals surface area contributed by atoms with Crippen LogP contribution in [0.2, 0.25) is 5.02 Å². The van der Waals surface area contributed by atoms with Crippen LogP contribution in [0.5, 0.6) is 0 Å². The molecule has 0 spiro atoms. The van der Waals surface area contributed by atoms with Gasteiger partial charge in [0, 0.05) is 30.5 Å². The van der Waals surface area contributed by atoms with Gasteiger partial charge in [-0.25, -0.2) is 4.98 Å². The zero-order chi connectivity index (χ0) is 25.3. The summed E-state index contributed by atoms with van der Waals surface area (Å²) in [5.41, 5.74) is 0.274. The van der Waals surface area contributed by atoms with Gasteiger partial charge in [0.05, 0.1) is 27.7 Å². The number of anilines is 1. The van der Waals surface area contributed by atoms with Gasteiger partial charge in [-0.1, -0.05) is 18.2 Å². The number of pyridine rings is 1. The Morgan fingerprint density at radius 2 is 2.03 bits per heavy atom. The van der Waals surface area contributed by atoms with Crippen molar-refractivity contribution < 1.29 is 22.8 Å². The molecule has 0 saturated carbocycles. The number of hydrogen-bond acceptors (Lipinski definition) is 4. The standard InChI is InChI=1S/C24H23ClF3N5O2/c1-3-20(34)32-9-5-4-6-17(13-32)33-21-18(25)11-16(24(26,27)28)12-19(21)30-23(33)31-22(35)15-7-8-29-14(2)10-15/h3,7-8,10-12,17H,1,4-6,9,13H2,2H3,(H,30,31,35). The third kappa shape index (κ3) is 5.17. The van der Waals surface area contributed by atoms with Crippen LogP contribution >= 0.6 is 11.6 Å². The molecule has 0 bridgehead atoms. The molecule has 7 nitrogen and oxygen atoms in total. The summed E-state index contributed by atoms with van der Waals surface area (Å²) in [6, 6.07) is 4.50. The van der Waals surface area contributed by atoms with Crippen LogP contribution in [-0.4, -0.2) is 44.3 Å². The number of aromatic nitrogens is 3. The molecule has 184 valence electrons. The number of likely N-dealkylation sites (tertiary alicyclic amines) is 1. The highest BCUT2D eigenvalue weighted by Gasteiger charge is 2.34. The minimum Gasteiger partial charge on any atom is -0.337 e. The second-order valence-electron chi connectivity index (χ2n) is 8.41. The number of aryl methyl sites for hydroxylation is 1. The summed E-state index contributed by atoms with van der Waals surface area (Å²) in [5, 5.41) is 2.58. The molecule has 1 fully saturated rings. The number of carbonyl (C=O) groups is 2. The van der Waals surface area contributed by atoms with Gasteiger partial charge in [-0.15, -0.1) is 0 Å². The van der Waals surface area contributed by atoms with Crippen LogP contribution in [0.1, 0.15) is 46.9 Å². The molecule has 11 heteroatoms. The highest BCUT2D eigenvalue weighted by molar-refractivity contribution is 6.35. The summed E-state index contributed by atoms with van der Waals surface area (Å²) in [6.07, 6.45) is 0.234. The van der Waals surface area contributed by atoms with Crippen LogP contribution in [0, 0.1) is 6.92 Å². The van der Waals surface area contributed by atoms with Gasteiger partial charge >= 0.3 is 6.18 Å². The van der Waals surface area contributed by atoms with E-state index in [4.69, 9.17) is 11.6 Å². The minimum atomic E-state index is -4.62. The molecule has 1 aliphatic rings. The Bertz CT molecular complexity index is 1300. The number of nitrogens with one attached hydrogen (secondary N) is 1. The highest BCUT2D eigenvalue weighted by atomic mass is 35.5. The van der Waals surface area contributed by atoms with E-state index in [9.17, 15) is 22.8 Å². The molecule has 0 aliphatic carbocycles. The number of carbonyl (C=O) groups excluding carboxylic acids is 2. The Morgan fingerprint density at radius 3 is 2.71 bits per heavy atom. The molecule has 2 aromatic heterocycles. The van der Waals surface area contributed by atoms with Crippen molar-refractivity contribution in [3.8, 4) is 0 Å². The first-order valence-corrected chi connectivity index (χ1v) is 11.4. The van der Waals surface area contributed by atoms with E-state index in [0.717, 1.165) is 25.0 Å². The Kier molecular flexibility index (Phi) is 6.84. The third-order valence-corrected chi connectivity index (χ3v) is 6.24. The minimum absolute atomic E-state index is 0.00289. The Labute approximate surface area is 204 Å². The van der Waals surface area contributed by atoms with E-state index in [-0.39, 0.29) is 40.5 Å². The fourth-order valence-corrected chi connectivity index (χ4v) is 4.62. The molecule has 35 heavy (non-hydrogen) atoms. The molecule has 1 atom stereocenters. The zero-order valence-electron chi connectivity index (χ0n) is 18.9. The first kappa shape index (κ1) is 24.7. The molecule has 2 amide bonds. The molecular formula is C24H23ClF3N5O2. The number of fused-ring (bicyclic) bond motifs is 1. The maximum atomic E-state index is 13.4. The third-order valence-electron chi connectivity index (χ3n) is 5.95. The summed E-state index contributed by atoms with van der Waals surface area (Å²) in [6.45, 7) is 6.08. The number of imidazole rings is 1. The molecule has 1 saturated heterocycles. The van der Waals surface area contributed by atoms with Gasteiger partial charge in [0.2, 0.25) is 11.9 Å². The van der Waals surface area contributed by atoms with E-state index >= 15 is 0 Å². The van der Waals surface area contributed by atoms with E-state index in [0.29, 0.717) is 24.2 Å². The summed E-state index contributed by atoms with van der Waals surface area (Å²) < 4.78 is 41.9. The lowest BCUT2D eigenvalue weighted by Gasteiger charge is -2.26. The fourth-order valence-electron chi connectivity index (χ4n) is 4.31. The van der Waals surface area contributed by atoms with Gasteiger partial charge in [0.1, 0.15) is 0 Å². The second-order valence-corrected chi connectivity index (χ2v) is 8.81. The fraction of sp³-hybridized carbons (Fsp3) is 0.333. The van der Waals surface area contributed by atoms with Gasteiger partial charge < -0.3 is 9.47 Å². The molecule has 1 unspecified atom stereocenters. The van der Waals surface area contributed by atoms with Crippen molar-refractivity contribution >= 4 is 40.4 Å². The van der Waals surface area contributed by atoms with Crippen molar-refractivity contribution in [2.45, 2.75) is 38.4 Å². The smallest absolute Gasteiger partial charge is 0.337 e. The Balaban J connectivity index is 1.84. The van der Waals surface area contributed by atoms with Crippen molar-refractivity contribution in [1.29, 1.82) is 0 Å². The van der Waals surface area contributed by atoms with E-state index < -0.39 is 17.6 Å². The molecule has 1 aromatic carbocycles. The number of amides is 2. The zero-order valence-corrected chi connectivity index (χ0v) is 19.7. The van der Waals surface area contributed by atoms with E-state index in [1.807, 2.05) is 0 Å². The first-order valence-electron chi connectivity index (χ1n) is 11.0. The second kappa shape index (κ2) is 9.69. The number of rotatable bonds is 4. The van der Waals surface area contributed by atoms with Crippen molar-refractivity contribution in [2.24, 2.45) is 0 Å². The van der Waals surface area contributed by atoms with E-state index in [2.05, 4.69) is 21.9 Å². The largest absolute Gasteiger partial charge is 0.416 e. The van der Waals surface area contributed by atoms with Crippen molar-refractivity contribution in [3.05, 3.63) is 65.0 Å². The van der Waals surface area contributed by atoms with Crippen LogP contribution in [0.15, 0.2) is 43.1 Å². The van der Waals surface area contributed by atoms with Crippen LogP contribution in [0.25, 0.3) is 11.0 Å². The first-order chi connectivity index (χ1) is 16.6. The number of benzene rings is 1. The predicted octanol–water partition coefficient (Wildman–Crippen LogP) is 5.40. The molecule has 3 heterocycles. The van der Waals surface area contributed by atoms with Gasteiger partial charge in [-0.3, -0.25) is 19.9 Å². The lowest BCUT2D eigenvalue weighted by atomic mass is 10.1. The quantitative estimate of drug-likeness (QED) is 0.481. The van der Waals surface area contributed by atoms with Crippen molar-refractivity contribution in [1.82, 2.24) is 19.4 Å². The Morgan fingerprint density at radius 1 is 1.26 bits per heavy atom. The molecule has 3 aromatic rings. The predicted molar refractivity (Wildman–Crippen MR) is 126 cm³/mol. The van der Waals surface area contributed by atoms with Crippen LogP contribution in [0.4, 0.5) is 19.1 Å². The van der Waals surface area contributed by atoms with Gasteiger partial charge in [-0.05, 0) is 56.5 Å². The molecular weight excluding hydrogens is 483 g/mol. The lowest BCUT2D eigenvalue weighted by molar-refractivity contribution is -0.137. The summed E-state index contributed by atoms with van der Waals surface area (Å²) in [5.74, 6) is -0.685. The molecule has 1 N–H and O–H groups in total. The monoisotopic (exact) mass is 505 g/mol. The Hall–Kier alpha value is -3.40. The summed E-state index contributed by atoms with van der Waals surface area (Å²) in [7, 11) is 0. The maximum absolute atomic E-state index is 13.4. The average Bonchev–Trinajstić information content (AvgIpc) is 2.99. The van der Waals surface area contributed by atoms with E-state index in [1.165, 1.54) is 18.3 Å². The number of alkyl halides is 3. The SMILES string of the molecule is C=CC(=O)N1CCCCC(n2c(NC(=O)c3ccnc(C)c3)nc3cc(C(F)(F)F)cc(Cl)c32)C1. The number of nitrogens with zero attached hydrogens (tertiary/aromatic N) is 4. The lowest BCUT2D eigenvalue weighted by Crippen LogP contribution is -2.34. The summed E-state index contributed by atoms with van der Waals surface area (Å²) in [4.78, 5) is 35.4. The topological polar surface area (TPSA) is 80.1 Å². The molecule has 4 rings (SSSR count). The van der Waals surface area contributed by atoms with Gasteiger partial charge in [-0.2, -0.15) is 13.2 Å². The van der Waals surface area contributed by atoms with Crippen LogP contribution in [0.3, 0.4) is 0 Å². The number of hydrogen-bond donors (Lipinski definition) is 1. The van der Waals surface area contributed by atoms with Crippen molar-refractivity contribution in [3.63, 3.8) is 0 Å².